The van der Waals surface area contributed by atoms with Crippen LogP contribution >= 0.6 is 23.1 Å². The van der Waals surface area contributed by atoms with Crippen molar-refractivity contribution in [2.45, 2.75) is 6.42 Å². The number of hydrogen-bond donors (Lipinski definition) is 1. The fraction of sp³-hybridized carbons (Fsp3) is 0.150. The zero-order chi connectivity index (χ0) is 17.8. The molecule has 3 nitrogen and oxygen atoms in total. The van der Waals surface area contributed by atoms with Gasteiger partial charge in [0, 0.05) is 24.0 Å². The lowest BCUT2D eigenvalue weighted by Crippen LogP contribution is -2.36. The second-order valence-electron chi connectivity index (χ2n) is 6.49. The second kappa shape index (κ2) is 5.83. The maximum Gasteiger partial charge on any atom is 0.159 e. The fourth-order valence-corrected chi connectivity index (χ4v) is 4.70. The third-order valence-electron chi connectivity index (χ3n) is 4.91. The number of fused-ring (bicyclic) bond motifs is 2. The number of rotatable bonds is 2. The van der Waals surface area contributed by atoms with Crippen molar-refractivity contribution in [3.63, 3.8) is 0 Å². The summed E-state index contributed by atoms with van der Waals surface area (Å²) in [6.45, 7) is 1.94. The maximum absolute atomic E-state index is 15.4. The number of hydrogen-bond acceptors (Lipinski definition) is 4. The van der Waals surface area contributed by atoms with Gasteiger partial charge in [-0.25, -0.2) is 4.39 Å². The second-order valence-corrected chi connectivity index (χ2v) is 7.65. The van der Waals surface area contributed by atoms with Crippen LogP contribution < -0.4 is 4.90 Å². The molecule has 0 bridgehead atoms. The van der Waals surface area contributed by atoms with Gasteiger partial charge >= 0.3 is 0 Å². The highest BCUT2D eigenvalue weighted by molar-refractivity contribution is 7.11. The summed E-state index contributed by atoms with van der Waals surface area (Å²) in [6.07, 6.45) is 1.14. The molecule has 1 aliphatic rings. The van der Waals surface area contributed by atoms with E-state index >= 15 is 4.39 Å². The van der Waals surface area contributed by atoms with Crippen LogP contribution in [0.4, 0.5) is 9.39 Å². The number of phenols is 1. The molecule has 1 saturated heterocycles. The van der Waals surface area contributed by atoms with Crippen molar-refractivity contribution >= 4 is 49.8 Å². The van der Waals surface area contributed by atoms with Crippen LogP contribution in [0.2, 0.25) is 5.02 Å². The Morgan fingerprint density at radius 2 is 1.92 bits per heavy atom. The molecule has 0 saturated carbocycles. The smallest absolute Gasteiger partial charge is 0.159 e. The van der Waals surface area contributed by atoms with E-state index in [-0.39, 0.29) is 11.3 Å². The summed E-state index contributed by atoms with van der Waals surface area (Å²) < 4.78 is 19.8. The molecule has 0 spiro atoms. The Kier molecular flexibility index (Phi) is 3.55. The number of nitrogens with zero attached hydrogens (tertiary/aromatic N) is 2. The van der Waals surface area contributed by atoms with Gasteiger partial charge in [0.05, 0.1) is 5.02 Å². The van der Waals surface area contributed by atoms with Crippen molar-refractivity contribution in [3.8, 4) is 16.9 Å². The molecule has 6 heteroatoms. The van der Waals surface area contributed by atoms with E-state index in [0.717, 1.165) is 40.7 Å². The van der Waals surface area contributed by atoms with E-state index in [1.807, 2.05) is 24.3 Å². The first-order valence-corrected chi connectivity index (χ1v) is 9.53. The Morgan fingerprint density at radius 1 is 1.12 bits per heavy atom. The molecule has 0 atom stereocenters. The Labute approximate surface area is 158 Å². The Bertz CT molecular complexity index is 1170. The number of benzene rings is 3. The van der Waals surface area contributed by atoms with E-state index < -0.39 is 5.82 Å². The third kappa shape index (κ3) is 2.27. The summed E-state index contributed by atoms with van der Waals surface area (Å²) >= 11 is 7.84. The van der Waals surface area contributed by atoms with Gasteiger partial charge < -0.3 is 10.0 Å². The van der Waals surface area contributed by atoms with Gasteiger partial charge in [0.15, 0.2) is 5.82 Å². The topological polar surface area (TPSA) is 36.4 Å². The van der Waals surface area contributed by atoms with Gasteiger partial charge in [0.25, 0.3) is 0 Å². The molecule has 26 heavy (non-hydrogen) atoms. The predicted molar refractivity (Wildman–Crippen MR) is 106 cm³/mol. The van der Waals surface area contributed by atoms with Crippen LogP contribution in [0, 0.1) is 5.82 Å². The molecular formula is C20H14ClFN2OS. The van der Waals surface area contributed by atoms with Crippen LogP contribution in [-0.4, -0.2) is 22.6 Å². The molecule has 4 aromatic rings. The Morgan fingerprint density at radius 3 is 2.69 bits per heavy atom. The lowest BCUT2D eigenvalue weighted by molar-refractivity contribution is 0.476. The standard InChI is InChI=1S/C20H14ClFN2OS/c21-16-10-15-19(23-26-20(15)24-6-3-7-24)18(22)17(16)14-9-12(25)8-11-4-1-2-5-13(11)14/h1-2,4-5,8-10,25H,3,6-7H2. The molecule has 0 aliphatic carbocycles. The number of anilines is 1. The summed E-state index contributed by atoms with van der Waals surface area (Å²) in [5, 5.41) is 13.8. The average molecular weight is 385 g/mol. The van der Waals surface area contributed by atoms with Gasteiger partial charge in [-0.05, 0) is 52.5 Å². The first kappa shape index (κ1) is 15.9. The minimum Gasteiger partial charge on any atom is -0.508 e. The lowest BCUT2D eigenvalue weighted by Gasteiger charge is -2.31. The van der Waals surface area contributed by atoms with Gasteiger partial charge in [-0.3, -0.25) is 0 Å². The first-order chi connectivity index (χ1) is 12.6. The molecule has 1 fully saturated rings. The predicted octanol–water partition coefficient (Wildman–Crippen LogP) is 5.82. The van der Waals surface area contributed by atoms with Crippen molar-refractivity contribution < 1.29 is 9.50 Å². The molecule has 5 rings (SSSR count). The Hall–Kier alpha value is -2.37. The van der Waals surface area contributed by atoms with E-state index in [2.05, 4.69) is 9.27 Å². The summed E-state index contributed by atoms with van der Waals surface area (Å²) in [7, 11) is 0. The highest BCUT2D eigenvalue weighted by Crippen LogP contribution is 2.44. The summed E-state index contributed by atoms with van der Waals surface area (Å²) in [5.74, 6) is -0.361. The zero-order valence-electron chi connectivity index (χ0n) is 13.7. The van der Waals surface area contributed by atoms with Gasteiger partial charge in [0.2, 0.25) is 0 Å². The summed E-state index contributed by atoms with van der Waals surface area (Å²) in [6, 6.07) is 12.6. The Balaban J connectivity index is 1.80. The quantitative estimate of drug-likeness (QED) is 0.472. The first-order valence-electron chi connectivity index (χ1n) is 8.38. The van der Waals surface area contributed by atoms with Crippen molar-refractivity contribution in [1.29, 1.82) is 0 Å². The molecule has 1 aromatic heterocycles. The SMILES string of the molecule is Oc1cc(-c2c(Cl)cc3c(N4CCC4)snc3c2F)c2ccccc2c1. The number of phenolic OH excluding ortho intramolecular Hbond substituents is 1. The van der Waals surface area contributed by atoms with Crippen LogP contribution in [-0.2, 0) is 0 Å². The molecule has 1 aliphatic heterocycles. The number of aromatic hydroxyl groups is 1. The molecule has 1 N–H and O–H groups in total. The van der Waals surface area contributed by atoms with Gasteiger partial charge in [-0.15, -0.1) is 0 Å². The zero-order valence-corrected chi connectivity index (χ0v) is 15.2. The van der Waals surface area contributed by atoms with Crippen molar-refractivity contribution in [3.05, 3.63) is 53.3 Å². The molecule has 0 radical (unpaired) electrons. The summed E-state index contributed by atoms with van der Waals surface area (Å²) in [4.78, 5) is 2.19. The minimum absolute atomic E-state index is 0.0776. The van der Waals surface area contributed by atoms with E-state index in [1.165, 1.54) is 11.5 Å². The van der Waals surface area contributed by atoms with E-state index in [4.69, 9.17) is 11.6 Å². The van der Waals surface area contributed by atoms with E-state index in [1.54, 1.807) is 18.2 Å². The number of halogens is 2. The average Bonchev–Trinajstić information content (AvgIpc) is 2.97. The van der Waals surface area contributed by atoms with Crippen LogP contribution in [0.5, 0.6) is 5.75 Å². The van der Waals surface area contributed by atoms with E-state index in [9.17, 15) is 5.11 Å². The minimum atomic E-state index is -0.439. The number of aromatic nitrogens is 1. The molecule has 0 amide bonds. The monoisotopic (exact) mass is 384 g/mol. The van der Waals surface area contributed by atoms with Crippen LogP contribution in [0.1, 0.15) is 6.42 Å². The van der Waals surface area contributed by atoms with Crippen LogP contribution in [0.15, 0.2) is 42.5 Å². The molecular weight excluding hydrogens is 371 g/mol. The third-order valence-corrected chi connectivity index (χ3v) is 6.13. The maximum atomic E-state index is 15.4. The highest BCUT2D eigenvalue weighted by atomic mass is 35.5. The highest BCUT2D eigenvalue weighted by Gasteiger charge is 2.24. The summed E-state index contributed by atoms with van der Waals surface area (Å²) in [5.41, 5.74) is 1.19. The van der Waals surface area contributed by atoms with Gasteiger partial charge in [-0.1, -0.05) is 35.9 Å². The largest absolute Gasteiger partial charge is 0.508 e. The molecule has 2 heterocycles. The molecule has 0 unspecified atom stereocenters. The lowest BCUT2D eigenvalue weighted by atomic mass is 9.96. The normalized spacial score (nSPS) is 14.2. The van der Waals surface area contributed by atoms with Crippen LogP contribution in [0.25, 0.3) is 32.8 Å². The molecule has 3 aromatic carbocycles. The van der Waals surface area contributed by atoms with Gasteiger partial charge in [-0.2, -0.15) is 4.37 Å². The van der Waals surface area contributed by atoms with E-state index in [0.29, 0.717) is 16.1 Å². The molecule has 130 valence electrons. The van der Waals surface area contributed by atoms with Crippen LogP contribution in [0.3, 0.4) is 0 Å². The van der Waals surface area contributed by atoms with Crippen molar-refractivity contribution in [2.24, 2.45) is 0 Å². The van der Waals surface area contributed by atoms with Gasteiger partial charge in [0.1, 0.15) is 16.3 Å². The van der Waals surface area contributed by atoms with Crippen molar-refractivity contribution in [2.75, 3.05) is 18.0 Å². The van der Waals surface area contributed by atoms with Crippen molar-refractivity contribution in [1.82, 2.24) is 4.37 Å². The fourth-order valence-electron chi connectivity index (χ4n) is 3.49.